The van der Waals surface area contributed by atoms with E-state index in [1.807, 2.05) is 19.2 Å². The summed E-state index contributed by atoms with van der Waals surface area (Å²) in [5.41, 5.74) is 2.38. The molecule has 0 radical (unpaired) electrons. The zero-order valence-electron chi connectivity index (χ0n) is 18.7. The van der Waals surface area contributed by atoms with E-state index in [4.69, 9.17) is 9.47 Å². The number of fused-ring (bicyclic) bond motifs is 1. The summed E-state index contributed by atoms with van der Waals surface area (Å²) >= 11 is 0. The second kappa shape index (κ2) is 8.24. The number of methoxy groups -OCH3 is 1. The average molecular weight is 470 g/mol. The van der Waals surface area contributed by atoms with E-state index >= 15 is 0 Å². The Morgan fingerprint density at radius 1 is 1.12 bits per heavy atom. The third-order valence-corrected chi connectivity index (χ3v) is 5.66. The highest BCUT2D eigenvalue weighted by Gasteiger charge is 2.34. The Labute approximate surface area is 193 Å². The summed E-state index contributed by atoms with van der Waals surface area (Å²) < 4.78 is 54.7. The second-order valence-electron chi connectivity index (χ2n) is 7.98. The molecule has 1 atom stereocenters. The highest BCUT2D eigenvalue weighted by molar-refractivity contribution is 5.55. The molecule has 0 saturated carbocycles. The van der Waals surface area contributed by atoms with E-state index < -0.39 is 17.8 Å². The normalized spacial score (nSPS) is 15.9. The Bertz CT molecular complexity index is 1360. The SMILES string of the molecule is COc1nc(-c2nc3n(n2)CCOC3c2cc(C(F)(F)F)ccc2C)ccc1-n1cnc(C)c1. The van der Waals surface area contributed by atoms with Crippen molar-refractivity contribution in [3.05, 3.63) is 71.1 Å². The minimum Gasteiger partial charge on any atom is -0.479 e. The van der Waals surface area contributed by atoms with Gasteiger partial charge in [-0.15, -0.1) is 5.10 Å². The van der Waals surface area contributed by atoms with Crippen molar-refractivity contribution in [2.75, 3.05) is 13.7 Å². The molecule has 8 nitrogen and oxygen atoms in total. The average Bonchev–Trinajstić information content (AvgIpc) is 3.44. The third-order valence-electron chi connectivity index (χ3n) is 5.66. The third kappa shape index (κ3) is 3.92. The van der Waals surface area contributed by atoms with Crippen molar-refractivity contribution >= 4 is 0 Å². The zero-order valence-corrected chi connectivity index (χ0v) is 18.7. The van der Waals surface area contributed by atoms with E-state index in [2.05, 4.69) is 20.1 Å². The van der Waals surface area contributed by atoms with Crippen LogP contribution in [0, 0.1) is 13.8 Å². The summed E-state index contributed by atoms with van der Waals surface area (Å²) in [6.07, 6.45) is -1.70. The molecular weight excluding hydrogens is 449 g/mol. The summed E-state index contributed by atoms with van der Waals surface area (Å²) in [5.74, 6) is 1.13. The smallest absolute Gasteiger partial charge is 0.416 e. The fourth-order valence-electron chi connectivity index (χ4n) is 3.94. The van der Waals surface area contributed by atoms with Crippen molar-refractivity contribution < 1.29 is 22.6 Å². The maximum Gasteiger partial charge on any atom is 0.416 e. The van der Waals surface area contributed by atoms with Crippen LogP contribution in [0.25, 0.3) is 17.2 Å². The first-order chi connectivity index (χ1) is 16.2. The van der Waals surface area contributed by atoms with Gasteiger partial charge in [0, 0.05) is 6.20 Å². The molecular formula is C23H21F3N6O2. The van der Waals surface area contributed by atoms with Gasteiger partial charge in [0.1, 0.15) is 17.5 Å². The number of aryl methyl sites for hydroxylation is 2. The first-order valence-corrected chi connectivity index (χ1v) is 10.5. The monoisotopic (exact) mass is 470 g/mol. The number of imidazole rings is 1. The highest BCUT2D eigenvalue weighted by atomic mass is 19.4. The molecule has 11 heteroatoms. The number of aromatic nitrogens is 6. The molecule has 3 aromatic heterocycles. The molecule has 1 aromatic carbocycles. The van der Waals surface area contributed by atoms with Gasteiger partial charge in [-0.25, -0.2) is 19.6 Å². The fourth-order valence-corrected chi connectivity index (χ4v) is 3.94. The van der Waals surface area contributed by atoms with E-state index in [-0.39, 0.29) is 0 Å². The Morgan fingerprint density at radius 3 is 2.65 bits per heavy atom. The van der Waals surface area contributed by atoms with Crippen molar-refractivity contribution in [2.24, 2.45) is 0 Å². The van der Waals surface area contributed by atoms with E-state index in [1.54, 1.807) is 28.6 Å². The first-order valence-electron chi connectivity index (χ1n) is 10.5. The van der Waals surface area contributed by atoms with Crippen LogP contribution in [0.1, 0.15) is 34.3 Å². The standard InChI is InChI=1S/C23H21F3N6O2/c1-13-4-5-15(23(24,25)26)10-16(13)19-21-29-20(30-32(21)8-9-34-19)17-6-7-18(22(28-17)33-3)31-11-14(2)27-12-31/h4-7,10-12,19H,8-9H2,1-3H3. The Hall–Kier alpha value is -3.73. The minimum atomic E-state index is -4.45. The Morgan fingerprint density at radius 2 is 1.94 bits per heavy atom. The van der Waals surface area contributed by atoms with E-state index in [0.717, 1.165) is 17.8 Å². The molecule has 0 fully saturated rings. The largest absolute Gasteiger partial charge is 0.479 e. The molecule has 1 aliphatic rings. The molecule has 0 bridgehead atoms. The summed E-state index contributed by atoms with van der Waals surface area (Å²) in [6, 6.07) is 7.22. The van der Waals surface area contributed by atoms with Crippen molar-refractivity contribution in [3.63, 3.8) is 0 Å². The van der Waals surface area contributed by atoms with Gasteiger partial charge in [0.05, 0.1) is 37.8 Å². The van der Waals surface area contributed by atoms with Crippen LogP contribution in [0.2, 0.25) is 0 Å². The number of ether oxygens (including phenoxy) is 2. The molecule has 1 aliphatic heterocycles. The Kier molecular flexibility index (Phi) is 5.35. The van der Waals surface area contributed by atoms with Crippen LogP contribution in [-0.4, -0.2) is 43.0 Å². The van der Waals surface area contributed by atoms with Gasteiger partial charge < -0.3 is 14.0 Å². The number of hydrogen-bond acceptors (Lipinski definition) is 6. The quantitative estimate of drug-likeness (QED) is 0.443. The maximum atomic E-state index is 13.3. The number of hydrogen-bond donors (Lipinski definition) is 0. The van der Waals surface area contributed by atoms with Crippen LogP contribution < -0.4 is 4.74 Å². The number of rotatable bonds is 4. The first kappa shape index (κ1) is 22.1. The van der Waals surface area contributed by atoms with Gasteiger partial charge in [-0.1, -0.05) is 6.07 Å². The lowest BCUT2D eigenvalue weighted by Gasteiger charge is -2.25. The Balaban J connectivity index is 1.54. The van der Waals surface area contributed by atoms with Crippen molar-refractivity contribution in [1.29, 1.82) is 0 Å². The highest BCUT2D eigenvalue weighted by Crippen LogP contribution is 2.36. The summed E-state index contributed by atoms with van der Waals surface area (Å²) in [5, 5.41) is 4.55. The van der Waals surface area contributed by atoms with Gasteiger partial charge in [-0.05, 0) is 49.2 Å². The predicted octanol–water partition coefficient (Wildman–Crippen LogP) is 4.29. The molecule has 1 unspecified atom stereocenters. The predicted molar refractivity (Wildman–Crippen MR) is 116 cm³/mol. The lowest BCUT2D eigenvalue weighted by Crippen LogP contribution is -2.24. The molecule has 0 amide bonds. The number of alkyl halides is 3. The van der Waals surface area contributed by atoms with Crippen LogP contribution in [0.15, 0.2) is 42.9 Å². The van der Waals surface area contributed by atoms with E-state index in [1.165, 1.54) is 13.2 Å². The summed E-state index contributed by atoms with van der Waals surface area (Å²) in [4.78, 5) is 13.4. The number of pyridine rings is 1. The maximum absolute atomic E-state index is 13.3. The van der Waals surface area contributed by atoms with Gasteiger partial charge in [0.15, 0.2) is 11.6 Å². The van der Waals surface area contributed by atoms with Crippen LogP contribution in [0.5, 0.6) is 5.88 Å². The molecule has 0 N–H and O–H groups in total. The lowest BCUT2D eigenvalue weighted by molar-refractivity contribution is -0.137. The summed E-state index contributed by atoms with van der Waals surface area (Å²) in [7, 11) is 1.52. The molecule has 34 heavy (non-hydrogen) atoms. The van der Waals surface area contributed by atoms with Crippen molar-refractivity contribution in [1.82, 2.24) is 29.3 Å². The molecule has 4 aromatic rings. The van der Waals surface area contributed by atoms with Gasteiger partial charge in [-0.2, -0.15) is 13.2 Å². The number of halogens is 3. The lowest BCUT2D eigenvalue weighted by atomic mass is 9.99. The van der Waals surface area contributed by atoms with E-state index in [9.17, 15) is 13.2 Å². The minimum absolute atomic E-state index is 0.297. The molecule has 0 spiro atoms. The molecule has 0 aliphatic carbocycles. The molecule has 5 rings (SSSR count). The molecule has 176 valence electrons. The number of benzene rings is 1. The molecule has 0 saturated heterocycles. The van der Waals surface area contributed by atoms with Crippen LogP contribution >= 0.6 is 0 Å². The van der Waals surface area contributed by atoms with Gasteiger partial charge in [-0.3, -0.25) is 0 Å². The van der Waals surface area contributed by atoms with Crippen LogP contribution in [-0.2, 0) is 17.5 Å². The van der Waals surface area contributed by atoms with Crippen LogP contribution in [0.3, 0.4) is 0 Å². The van der Waals surface area contributed by atoms with Gasteiger partial charge in [0.2, 0.25) is 5.88 Å². The van der Waals surface area contributed by atoms with Gasteiger partial charge in [0.25, 0.3) is 0 Å². The molecule has 4 heterocycles. The van der Waals surface area contributed by atoms with Crippen molar-refractivity contribution in [3.8, 4) is 23.1 Å². The van der Waals surface area contributed by atoms with Gasteiger partial charge >= 0.3 is 6.18 Å². The van der Waals surface area contributed by atoms with Crippen molar-refractivity contribution in [2.45, 2.75) is 32.7 Å². The number of nitrogens with zero attached hydrogens (tertiary/aromatic N) is 6. The van der Waals surface area contributed by atoms with E-state index in [0.29, 0.717) is 53.2 Å². The topological polar surface area (TPSA) is 79.9 Å². The summed E-state index contributed by atoms with van der Waals surface area (Å²) in [6.45, 7) is 4.36. The van der Waals surface area contributed by atoms with Crippen LogP contribution in [0.4, 0.5) is 13.2 Å². The second-order valence-corrected chi connectivity index (χ2v) is 7.98. The zero-order chi connectivity index (χ0) is 24.0. The fraction of sp³-hybridized carbons (Fsp3) is 0.304.